The summed E-state index contributed by atoms with van der Waals surface area (Å²) in [4.78, 5) is 16.1. The number of hydrogen-bond donors (Lipinski definition) is 0. The molecule has 0 aliphatic heterocycles. The Morgan fingerprint density at radius 2 is 2.09 bits per heavy atom. The molecule has 0 spiro atoms. The zero-order valence-electron chi connectivity index (χ0n) is 12.3. The molecule has 0 amide bonds. The van der Waals surface area contributed by atoms with Crippen molar-refractivity contribution in [2.75, 3.05) is 12.4 Å². The largest absolute Gasteiger partial charge is 0.461 e. The molecule has 0 aromatic carbocycles. The third kappa shape index (κ3) is 2.86. The lowest BCUT2D eigenvalue weighted by Gasteiger charge is -2.06. The first kappa shape index (κ1) is 16.5. The average Bonchev–Trinajstić information content (AvgIpc) is 3.03. The molecule has 22 heavy (non-hydrogen) atoms. The van der Waals surface area contributed by atoms with E-state index in [2.05, 4.69) is 10.1 Å². The summed E-state index contributed by atoms with van der Waals surface area (Å²) >= 11 is 5.76. The number of nitrogens with zero attached hydrogens (tertiary/aromatic N) is 4. The molecule has 2 aromatic heterocycles. The molecule has 0 aliphatic rings. The van der Waals surface area contributed by atoms with Crippen LogP contribution in [-0.4, -0.2) is 46.1 Å². The zero-order chi connectivity index (χ0) is 16.5. The van der Waals surface area contributed by atoms with E-state index in [1.165, 1.54) is 35.5 Å². The van der Waals surface area contributed by atoms with Gasteiger partial charge in [-0.25, -0.2) is 22.9 Å². The number of carbonyl (C=O) groups is 1. The van der Waals surface area contributed by atoms with E-state index in [4.69, 9.17) is 16.3 Å². The summed E-state index contributed by atoms with van der Waals surface area (Å²) in [6.07, 6.45) is 1.52. The Hall–Kier alpha value is -1.87. The van der Waals surface area contributed by atoms with E-state index in [0.29, 0.717) is 0 Å². The van der Waals surface area contributed by atoms with E-state index in [9.17, 15) is 13.2 Å². The van der Waals surface area contributed by atoms with Crippen LogP contribution in [0.25, 0.3) is 5.95 Å². The molecular formula is C12H15ClN4O4S. The quantitative estimate of drug-likeness (QED) is 0.755. The highest BCUT2D eigenvalue weighted by Gasteiger charge is 2.30. The normalized spacial score (nSPS) is 11.6. The number of hydrogen-bond acceptors (Lipinski definition) is 6. The number of ether oxygens (including phenoxy) is 1. The molecule has 0 saturated heterocycles. The predicted octanol–water partition coefficient (Wildman–Crippen LogP) is 1.23. The molecule has 0 unspecified atom stereocenters. The van der Waals surface area contributed by atoms with Gasteiger partial charge in [0.05, 0.1) is 12.4 Å². The smallest absolute Gasteiger partial charge is 0.360 e. The molecule has 0 aliphatic carbocycles. The van der Waals surface area contributed by atoms with Crippen molar-refractivity contribution in [1.82, 2.24) is 19.3 Å². The first-order valence-electron chi connectivity index (χ1n) is 6.50. The summed E-state index contributed by atoms with van der Waals surface area (Å²) in [7, 11) is -2.19. The minimum absolute atomic E-state index is 0.115. The van der Waals surface area contributed by atoms with Gasteiger partial charge < -0.3 is 9.30 Å². The van der Waals surface area contributed by atoms with Crippen molar-refractivity contribution in [2.24, 2.45) is 7.05 Å². The van der Waals surface area contributed by atoms with Gasteiger partial charge in [0, 0.05) is 13.2 Å². The Morgan fingerprint density at radius 1 is 1.41 bits per heavy atom. The number of rotatable bonds is 5. The summed E-state index contributed by atoms with van der Waals surface area (Å²) in [6.45, 7) is 3.23. The molecule has 120 valence electrons. The van der Waals surface area contributed by atoms with E-state index < -0.39 is 15.8 Å². The molecule has 0 radical (unpaired) electrons. The third-order valence-corrected chi connectivity index (χ3v) is 4.94. The van der Waals surface area contributed by atoms with Gasteiger partial charge in [-0.2, -0.15) is 5.10 Å². The van der Waals surface area contributed by atoms with Gasteiger partial charge in [-0.05, 0) is 13.0 Å². The minimum Gasteiger partial charge on any atom is -0.461 e. The summed E-state index contributed by atoms with van der Waals surface area (Å²) < 4.78 is 32.0. The van der Waals surface area contributed by atoms with Gasteiger partial charge in [-0.15, -0.1) is 0 Å². The second kappa shape index (κ2) is 6.09. The lowest BCUT2D eigenvalue weighted by atomic mass is 10.5. The van der Waals surface area contributed by atoms with Crippen LogP contribution >= 0.6 is 11.6 Å². The number of esters is 1. The molecule has 2 rings (SSSR count). The second-order valence-electron chi connectivity index (χ2n) is 4.33. The highest BCUT2D eigenvalue weighted by molar-refractivity contribution is 7.91. The molecule has 0 atom stereocenters. The maximum atomic E-state index is 12.3. The Labute approximate surface area is 132 Å². The summed E-state index contributed by atoms with van der Waals surface area (Å²) in [5.41, 5.74) is -0.257. The van der Waals surface area contributed by atoms with Crippen LogP contribution < -0.4 is 0 Å². The standard InChI is InChI=1S/C12H15ClN4O4S/c1-4-21-11(18)9-10(22(19,20)5-2)16(3)12(14-9)17-7-6-8(13)15-17/h6-7H,4-5H2,1-3H3. The van der Waals surface area contributed by atoms with Crippen LogP contribution in [0.2, 0.25) is 5.15 Å². The van der Waals surface area contributed by atoms with E-state index in [-0.39, 0.29) is 34.2 Å². The number of sulfone groups is 1. The Kier molecular flexibility index (Phi) is 4.57. The molecule has 10 heteroatoms. The van der Waals surface area contributed by atoms with Crippen LogP contribution in [0.4, 0.5) is 0 Å². The number of aromatic nitrogens is 4. The fraction of sp³-hybridized carbons (Fsp3) is 0.417. The van der Waals surface area contributed by atoms with Crippen molar-refractivity contribution in [2.45, 2.75) is 18.9 Å². The summed E-state index contributed by atoms with van der Waals surface area (Å²) in [6, 6.07) is 1.52. The fourth-order valence-electron chi connectivity index (χ4n) is 1.92. The first-order valence-corrected chi connectivity index (χ1v) is 8.53. The molecular weight excluding hydrogens is 332 g/mol. The minimum atomic E-state index is -3.68. The van der Waals surface area contributed by atoms with E-state index >= 15 is 0 Å². The average molecular weight is 347 g/mol. The first-order chi connectivity index (χ1) is 10.3. The van der Waals surface area contributed by atoms with Crippen LogP contribution in [0.15, 0.2) is 17.3 Å². The van der Waals surface area contributed by atoms with Crippen molar-refractivity contribution < 1.29 is 17.9 Å². The molecule has 0 saturated carbocycles. The lowest BCUT2D eigenvalue weighted by molar-refractivity contribution is 0.0514. The fourth-order valence-corrected chi connectivity index (χ4v) is 3.25. The Balaban J connectivity index is 2.70. The van der Waals surface area contributed by atoms with Crippen LogP contribution in [-0.2, 0) is 21.6 Å². The Morgan fingerprint density at radius 3 is 2.59 bits per heavy atom. The van der Waals surface area contributed by atoms with Crippen LogP contribution in [0, 0.1) is 0 Å². The van der Waals surface area contributed by atoms with Crippen molar-refractivity contribution in [3.05, 3.63) is 23.1 Å². The molecule has 2 aromatic rings. The van der Waals surface area contributed by atoms with E-state index in [0.717, 1.165) is 0 Å². The number of halogens is 1. The maximum Gasteiger partial charge on any atom is 0.360 e. The Bertz CT molecular complexity index is 809. The van der Waals surface area contributed by atoms with Gasteiger partial charge in [-0.3, -0.25) is 0 Å². The number of imidazole rings is 1. The van der Waals surface area contributed by atoms with Gasteiger partial charge in [0.15, 0.2) is 25.7 Å². The highest BCUT2D eigenvalue weighted by Crippen LogP contribution is 2.22. The topological polar surface area (TPSA) is 96.1 Å². The van der Waals surface area contributed by atoms with Gasteiger partial charge in [0.25, 0.3) is 0 Å². The SMILES string of the molecule is CCOC(=O)c1nc(-n2ccc(Cl)n2)n(C)c1S(=O)(=O)CC. The lowest BCUT2D eigenvalue weighted by Crippen LogP contribution is -2.16. The van der Waals surface area contributed by atoms with Crippen LogP contribution in [0.1, 0.15) is 24.3 Å². The van der Waals surface area contributed by atoms with Gasteiger partial charge >= 0.3 is 5.97 Å². The van der Waals surface area contributed by atoms with E-state index in [1.807, 2.05) is 0 Å². The second-order valence-corrected chi connectivity index (χ2v) is 6.91. The molecule has 0 bridgehead atoms. The van der Waals surface area contributed by atoms with Crippen LogP contribution in [0.3, 0.4) is 0 Å². The third-order valence-electron chi connectivity index (χ3n) is 2.92. The molecule has 2 heterocycles. The van der Waals surface area contributed by atoms with Gasteiger partial charge in [-0.1, -0.05) is 18.5 Å². The van der Waals surface area contributed by atoms with Crippen molar-refractivity contribution in [3.63, 3.8) is 0 Å². The van der Waals surface area contributed by atoms with Crippen molar-refractivity contribution in [3.8, 4) is 5.95 Å². The van der Waals surface area contributed by atoms with Gasteiger partial charge in [0.2, 0.25) is 5.95 Å². The predicted molar refractivity (Wildman–Crippen MR) is 79.0 cm³/mol. The highest BCUT2D eigenvalue weighted by atomic mass is 35.5. The summed E-state index contributed by atoms with van der Waals surface area (Å²) in [5.74, 6) is -0.810. The maximum absolute atomic E-state index is 12.3. The molecule has 0 N–H and O–H groups in total. The van der Waals surface area contributed by atoms with Gasteiger partial charge in [0.1, 0.15) is 0 Å². The van der Waals surface area contributed by atoms with Crippen molar-refractivity contribution in [1.29, 1.82) is 0 Å². The van der Waals surface area contributed by atoms with E-state index in [1.54, 1.807) is 6.92 Å². The zero-order valence-corrected chi connectivity index (χ0v) is 13.8. The summed E-state index contributed by atoms with van der Waals surface area (Å²) in [5, 5.41) is 3.98. The monoisotopic (exact) mass is 346 g/mol. The van der Waals surface area contributed by atoms with Crippen LogP contribution in [0.5, 0.6) is 0 Å². The molecule has 8 nitrogen and oxygen atoms in total. The number of carbonyl (C=O) groups excluding carboxylic acids is 1. The van der Waals surface area contributed by atoms with Crippen molar-refractivity contribution >= 4 is 27.4 Å². The molecule has 0 fully saturated rings.